The molecular weight excluding hydrogens is 116 g/mol. The van der Waals surface area contributed by atoms with Gasteiger partial charge in [0.05, 0.1) is 0 Å². The summed E-state index contributed by atoms with van der Waals surface area (Å²) in [5.41, 5.74) is 0. The van der Waals surface area contributed by atoms with Gasteiger partial charge in [-0.3, -0.25) is 9.79 Å². The minimum atomic E-state index is 0.704. The molecule has 0 aliphatic heterocycles. The second kappa shape index (κ2) is 7.14. The molecule has 0 aromatic carbocycles. The van der Waals surface area contributed by atoms with Crippen molar-refractivity contribution in [1.82, 2.24) is 5.32 Å². The lowest BCUT2D eigenvalue weighted by atomic mass is 10.4. The third-order valence-corrected chi connectivity index (χ3v) is 0.874. The van der Waals surface area contributed by atoms with Crippen LogP contribution in [0.15, 0.2) is 4.99 Å². The van der Waals surface area contributed by atoms with E-state index in [0.717, 1.165) is 19.5 Å². The zero-order valence-electron chi connectivity index (χ0n) is 5.63. The quantitative estimate of drug-likeness (QED) is 0.321. The molecule has 1 amide bonds. The van der Waals surface area contributed by atoms with Gasteiger partial charge in [0.2, 0.25) is 6.41 Å². The van der Waals surface area contributed by atoms with Gasteiger partial charge in [-0.25, -0.2) is 0 Å². The number of nitrogens with one attached hydrogen (secondary N) is 1. The minimum Gasteiger partial charge on any atom is -0.359 e. The molecule has 0 heterocycles. The summed E-state index contributed by atoms with van der Waals surface area (Å²) in [5, 5.41) is 2.55. The summed E-state index contributed by atoms with van der Waals surface area (Å²) in [5.74, 6) is 0. The van der Waals surface area contributed by atoms with Crippen LogP contribution < -0.4 is 5.32 Å². The fourth-order valence-electron chi connectivity index (χ4n) is 0.460. The third kappa shape index (κ3) is 7.14. The molecule has 3 nitrogen and oxygen atoms in total. The van der Waals surface area contributed by atoms with Crippen LogP contribution in [0, 0.1) is 0 Å². The van der Waals surface area contributed by atoms with E-state index in [4.69, 9.17) is 0 Å². The van der Waals surface area contributed by atoms with Gasteiger partial charge in [-0.1, -0.05) is 0 Å². The molecule has 0 rings (SSSR count). The number of carbonyl (C=O) groups excluding carboxylic acids is 1. The van der Waals surface area contributed by atoms with Crippen LogP contribution in [0.5, 0.6) is 0 Å². The van der Waals surface area contributed by atoms with Crippen LogP contribution in [0.3, 0.4) is 0 Å². The van der Waals surface area contributed by atoms with Crippen molar-refractivity contribution in [3.8, 4) is 0 Å². The lowest BCUT2D eigenvalue weighted by molar-refractivity contribution is -0.109. The molecule has 0 atom stereocenters. The Morgan fingerprint density at radius 2 is 2.44 bits per heavy atom. The van der Waals surface area contributed by atoms with Gasteiger partial charge in [0, 0.05) is 13.1 Å². The molecule has 0 radical (unpaired) electrons. The Kier molecular flexibility index (Phi) is 6.46. The van der Waals surface area contributed by atoms with E-state index >= 15 is 0 Å². The maximum Gasteiger partial charge on any atom is 0.207 e. The van der Waals surface area contributed by atoms with E-state index in [1.807, 2.05) is 6.92 Å². The van der Waals surface area contributed by atoms with Gasteiger partial charge in [-0.15, -0.1) is 0 Å². The molecule has 52 valence electrons. The molecule has 0 spiro atoms. The van der Waals surface area contributed by atoms with E-state index in [1.165, 1.54) is 0 Å². The van der Waals surface area contributed by atoms with E-state index in [2.05, 4.69) is 10.3 Å². The molecule has 0 aliphatic rings. The van der Waals surface area contributed by atoms with E-state index in [0.29, 0.717) is 6.41 Å². The topological polar surface area (TPSA) is 41.5 Å². The Labute approximate surface area is 55.2 Å². The molecule has 0 aromatic heterocycles. The average Bonchev–Trinajstić information content (AvgIpc) is 1.89. The minimum absolute atomic E-state index is 0.704. The first-order chi connectivity index (χ1) is 4.41. The fraction of sp³-hybridized carbons (Fsp3) is 0.667. The predicted octanol–water partition coefficient (Wildman–Crippen LogP) is 0.213. The van der Waals surface area contributed by atoms with Crippen LogP contribution >= 0.6 is 0 Å². The van der Waals surface area contributed by atoms with Crippen LogP contribution in [0.1, 0.15) is 13.3 Å². The Morgan fingerprint density at radius 1 is 1.67 bits per heavy atom. The van der Waals surface area contributed by atoms with Crippen molar-refractivity contribution in [2.24, 2.45) is 4.99 Å². The van der Waals surface area contributed by atoms with Gasteiger partial charge in [-0.05, 0) is 19.6 Å². The van der Waals surface area contributed by atoms with Gasteiger partial charge in [0.15, 0.2) is 0 Å². The number of hydrogen-bond acceptors (Lipinski definition) is 2. The SMILES string of the molecule is CC=NCCCNC=O. The molecule has 1 N–H and O–H groups in total. The van der Waals surface area contributed by atoms with Crippen molar-refractivity contribution in [2.75, 3.05) is 13.1 Å². The molecule has 0 aromatic rings. The second-order valence-corrected chi connectivity index (χ2v) is 1.59. The van der Waals surface area contributed by atoms with Crippen LogP contribution in [0.2, 0.25) is 0 Å². The monoisotopic (exact) mass is 128 g/mol. The molecule has 3 heteroatoms. The Bertz CT molecular complexity index is 91.1. The number of carbonyl (C=O) groups is 1. The smallest absolute Gasteiger partial charge is 0.207 e. The second-order valence-electron chi connectivity index (χ2n) is 1.59. The Morgan fingerprint density at radius 3 is 3.00 bits per heavy atom. The average molecular weight is 128 g/mol. The maximum absolute atomic E-state index is 9.69. The van der Waals surface area contributed by atoms with Crippen molar-refractivity contribution in [1.29, 1.82) is 0 Å². The molecule has 0 saturated carbocycles. The lowest BCUT2D eigenvalue weighted by Crippen LogP contribution is -2.12. The number of rotatable bonds is 5. The summed E-state index contributed by atoms with van der Waals surface area (Å²) < 4.78 is 0. The predicted molar refractivity (Wildman–Crippen MR) is 37.7 cm³/mol. The van der Waals surface area contributed by atoms with Gasteiger partial charge in [-0.2, -0.15) is 0 Å². The van der Waals surface area contributed by atoms with E-state index in [9.17, 15) is 4.79 Å². The Balaban J connectivity index is 2.82. The number of hydrogen-bond donors (Lipinski definition) is 1. The van der Waals surface area contributed by atoms with E-state index in [1.54, 1.807) is 6.21 Å². The summed E-state index contributed by atoms with van der Waals surface area (Å²) in [6, 6.07) is 0. The fourth-order valence-corrected chi connectivity index (χ4v) is 0.460. The summed E-state index contributed by atoms with van der Waals surface area (Å²) in [6.45, 7) is 3.41. The summed E-state index contributed by atoms with van der Waals surface area (Å²) in [6.07, 6.45) is 3.39. The highest BCUT2D eigenvalue weighted by Crippen LogP contribution is 1.75. The van der Waals surface area contributed by atoms with Crippen LogP contribution in [-0.2, 0) is 4.79 Å². The lowest BCUT2D eigenvalue weighted by Gasteiger charge is -1.92. The molecule has 0 fully saturated rings. The van der Waals surface area contributed by atoms with Gasteiger partial charge in [0.1, 0.15) is 0 Å². The Hall–Kier alpha value is -0.860. The van der Waals surface area contributed by atoms with Crippen LogP contribution in [0.25, 0.3) is 0 Å². The van der Waals surface area contributed by atoms with Crippen molar-refractivity contribution < 1.29 is 4.79 Å². The third-order valence-electron chi connectivity index (χ3n) is 0.874. The van der Waals surface area contributed by atoms with E-state index in [-0.39, 0.29) is 0 Å². The standard InChI is InChI=1S/C6H12N2O/c1-2-7-4-3-5-8-6-9/h2,6H,3-5H2,1H3,(H,8,9). The van der Waals surface area contributed by atoms with Crippen molar-refractivity contribution in [2.45, 2.75) is 13.3 Å². The first kappa shape index (κ1) is 8.14. The highest BCUT2D eigenvalue weighted by molar-refractivity contribution is 5.53. The molecule has 0 saturated heterocycles. The van der Waals surface area contributed by atoms with Crippen molar-refractivity contribution >= 4 is 12.6 Å². The first-order valence-electron chi connectivity index (χ1n) is 3.03. The number of amides is 1. The molecule has 9 heavy (non-hydrogen) atoms. The zero-order chi connectivity index (χ0) is 6.95. The summed E-state index contributed by atoms with van der Waals surface area (Å²) in [7, 11) is 0. The largest absolute Gasteiger partial charge is 0.359 e. The van der Waals surface area contributed by atoms with Crippen LogP contribution in [0.4, 0.5) is 0 Å². The maximum atomic E-state index is 9.69. The molecular formula is C6H12N2O. The summed E-state index contributed by atoms with van der Waals surface area (Å²) in [4.78, 5) is 13.7. The first-order valence-corrected chi connectivity index (χ1v) is 3.03. The van der Waals surface area contributed by atoms with Gasteiger partial charge in [0.25, 0.3) is 0 Å². The molecule has 0 bridgehead atoms. The zero-order valence-corrected chi connectivity index (χ0v) is 5.63. The normalized spacial score (nSPS) is 9.89. The highest BCUT2D eigenvalue weighted by Gasteiger charge is 1.79. The molecule has 0 unspecified atom stereocenters. The van der Waals surface area contributed by atoms with Crippen molar-refractivity contribution in [3.63, 3.8) is 0 Å². The van der Waals surface area contributed by atoms with Gasteiger partial charge < -0.3 is 5.32 Å². The van der Waals surface area contributed by atoms with Crippen molar-refractivity contribution in [3.05, 3.63) is 0 Å². The molecule has 0 aliphatic carbocycles. The number of nitrogens with zero attached hydrogens (tertiary/aromatic N) is 1. The van der Waals surface area contributed by atoms with E-state index < -0.39 is 0 Å². The number of aliphatic imine (C=N–C) groups is 1. The highest BCUT2D eigenvalue weighted by atomic mass is 16.1. The van der Waals surface area contributed by atoms with Gasteiger partial charge >= 0.3 is 0 Å². The van der Waals surface area contributed by atoms with Crippen LogP contribution in [-0.4, -0.2) is 25.7 Å². The summed E-state index contributed by atoms with van der Waals surface area (Å²) >= 11 is 0.